The Balaban J connectivity index is 2.00. The number of carbonyl (C=O) groups is 1. The summed E-state index contributed by atoms with van der Waals surface area (Å²) < 4.78 is 11.1. The molecule has 2 atom stereocenters. The van der Waals surface area contributed by atoms with Gasteiger partial charge in [0.05, 0.1) is 5.60 Å². The largest absolute Gasteiger partial charge is 0.458 e. The second-order valence-electron chi connectivity index (χ2n) is 4.77. The van der Waals surface area contributed by atoms with Gasteiger partial charge in [-0.05, 0) is 44.6 Å². The molecule has 0 aromatic heterocycles. The van der Waals surface area contributed by atoms with E-state index in [9.17, 15) is 4.79 Å². The van der Waals surface area contributed by atoms with Gasteiger partial charge in [-0.1, -0.05) is 6.08 Å². The molecule has 0 aromatic carbocycles. The van der Waals surface area contributed by atoms with Crippen LogP contribution in [0.3, 0.4) is 0 Å². The number of rotatable bonds is 1. The predicted octanol–water partition coefficient (Wildman–Crippen LogP) is 2.60. The van der Waals surface area contributed by atoms with Crippen LogP contribution in [-0.2, 0) is 14.3 Å². The SMILES string of the molecule is CC(=O)O[C@H]1C=C[C@@]2(CCCCO2)CCC1. The van der Waals surface area contributed by atoms with Gasteiger partial charge in [-0.15, -0.1) is 0 Å². The molecule has 0 bridgehead atoms. The molecule has 0 aromatic rings. The molecule has 0 saturated carbocycles. The second kappa shape index (κ2) is 5.00. The van der Waals surface area contributed by atoms with Crippen LogP contribution in [0.5, 0.6) is 0 Å². The van der Waals surface area contributed by atoms with Gasteiger partial charge in [0.1, 0.15) is 6.10 Å². The molecular weight excluding hydrogens is 204 g/mol. The molecule has 0 N–H and O–H groups in total. The first kappa shape index (κ1) is 11.6. The van der Waals surface area contributed by atoms with Gasteiger partial charge in [-0.2, -0.15) is 0 Å². The number of hydrogen-bond donors (Lipinski definition) is 0. The van der Waals surface area contributed by atoms with E-state index in [2.05, 4.69) is 6.08 Å². The number of esters is 1. The zero-order valence-electron chi connectivity index (χ0n) is 9.91. The molecule has 0 unspecified atom stereocenters. The Morgan fingerprint density at radius 1 is 1.38 bits per heavy atom. The van der Waals surface area contributed by atoms with E-state index in [0.717, 1.165) is 32.3 Å². The smallest absolute Gasteiger partial charge is 0.303 e. The van der Waals surface area contributed by atoms with Crippen molar-refractivity contribution in [2.75, 3.05) is 6.61 Å². The van der Waals surface area contributed by atoms with E-state index in [1.54, 1.807) is 0 Å². The van der Waals surface area contributed by atoms with E-state index in [-0.39, 0.29) is 17.7 Å². The van der Waals surface area contributed by atoms with E-state index >= 15 is 0 Å². The van der Waals surface area contributed by atoms with Crippen LogP contribution in [0.4, 0.5) is 0 Å². The summed E-state index contributed by atoms with van der Waals surface area (Å²) in [5, 5.41) is 0. The van der Waals surface area contributed by atoms with Gasteiger partial charge in [0.25, 0.3) is 0 Å². The zero-order valence-corrected chi connectivity index (χ0v) is 9.91. The highest BCUT2D eigenvalue weighted by Gasteiger charge is 2.32. The summed E-state index contributed by atoms with van der Waals surface area (Å²) >= 11 is 0. The summed E-state index contributed by atoms with van der Waals surface area (Å²) in [4.78, 5) is 10.9. The van der Waals surface area contributed by atoms with E-state index in [4.69, 9.17) is 9.47 Å². The van der Waals surface area contributed by atoms with Gasteiger partial charge < -0.3 is 9.47 Å². The lowest BCUT2D eigenvalue weighted by Crippen LogP contribution is -2.33. The molecule has 1 fully saturated rings. The normalized spacial score (nSPS) is 34.7. The summed E-state index contributed by atoms with van der Waals surface area (Å²) in [6.07, 6.45) is 10.6. The lowest BCUT2D eigenvalue weighted by Gasteiger charge is -2.34. The van der Waals surface area contributed by atoms with Crippen molar-refractivity contribution in [3.63, 3.8) is 0 Å². The molecule has 3 heteroatoms. The summed E-state index contributed by atoms with van der Waals surface area (Å²) in [7, 11) is 0. The Labute approximate surface area is 96.8 Å². The van der Waals surface area contributed by atoms with Gasteiger partial charge in [0, 0.05) is 13.5 Å². The first-order valence-electron chi connectivity index (χ1n) is 6.21. The van der Waals surface area contributed by atoms with Gasteiger partial charge in [-0.3, -0.25) is 4.79 Å². The number of hydrogen-bond acceptors (Lipinski definition) is 3. The van der Waals surface area contributed by atoms with Crippen molar-refractivity contribution in [3.8, 4) is 0 Å². The van der Waals surface area contributed by atoms with E-state index in [0.29, 0.717) is 0 Å². The zero-order chi connectivity index (χ0) is 11.4. The first-order chi connectivity index (χ1) is 7.70. The monoisotopic (exact) mass is 224 g/mol. The lowest BCUT2D eigenvalue weighted by atomic mass is 9.89. The molecule has 1 aliphatic carbocycles. The van der Waals surface area contributed by atoms with Crippen molar-refractivity contribution in [2.24, 2.45) is 0 Å². The average molecular weight is 224 g/mol. The van der Waals surface area contributed by atoms with Crippen molar-refractivity contribution >= 4 is 5.97 Å². The quantitative estimate of drug-likeness (QED) is 0.507. The maximum Gasteiger partial charge on any atom is 0.303 e. The minimum absolute atomic E-state index is 0.0533. The van der Waals surface area contributed by atoms with E-state index in [1.807, 2.05) is 6.08 Å². The second-order valence-corrected chi connectivity index (χ2v) is 4.77. The molecule has 2 rings (SSSR count). The van der Waals surface area contributed by atoms with Gasteiger partial charge in [0.15, 0.2) is 0 Å². The topological polar surface area (TPSA) is 35.5 Å². The molecule has 16 heavy (non-hydrogen) atoms. The minimum Gasteiger partial charge on any atom is -0.458 e. The summed E-state index contributed by atoms with van der Waals surface area (Å²) in [6.45, 7) is 2.33. The van der Waals surface area contributed by atoms with E-state index < -0.39 is 0 Å². The molecule has 1 aliphatic heterocycles. The van der Waals surface area contributed by atoms with Crippen molar-refractivity contribution in [1.82, 2.24) is 0 Å². The fraction of sp³-hybridized carbons (Fsp3) is 0.769. The standard InChI is InChI=1S/C13H20O3/c1-11(14)16-12-5-4-8-13(9-6-12)7-2-3-10-15-13/h6,9,12H,2-5,7-8,10H2,1H3/t12-,13-/m1/s1. The molecule has 1 spiro atoms. The predicted molar refractivity (Wildman–Crippen MR) is 61.1 cm³/mol. The molecular formula is C13H20O3. The van der Waals surface area contributed by atoms with Gasteiger partial charge >= 0.3 is 5.97 Å². The fourth-order valence-corrected chi connectivity index (χ4v) is 2.58. The van der Waals surface area contributed by atoms with Crippen LogP contribution >= 0.6 is 0 Å². The van der Waals surface area contributed by atoms with Crippen LogP contribution in [0.25, 0.3) is 0 Å². The third kappa shape index (κ3) is 2.85. The Kier molecular flexibility index (Phi) is 3.64. The molecule has 2 aliphatic rings. The Bertz CT molecular complexity index is 277. The van der Waals surface area contributed by atoms with Crippen LogP contribution in [-0.4, -0.2) is 24.3 Å². The molecule has 0 radical (unpaired) electrons. The van der Waals surface area contributed by atoms with Crippen LogP contribution in [0.15, 0.2) is 12.2 Å². The van der Waals surface area contributed by atoms with Crippen LogP contribution in [0.2, 0.25) is 0 Å². The van der Waals surface area contributed by atoms with Crippen molar-refractivity contribution in [2.45, 2.75) is 57.2 Å². The number of ether oxygens (including phenoxy) is 2. The van der Waals surface area contributed by atoms with Crippen LogP contribution in [0, 0.1) is 0 Å². The van der Waals surface area contributed by atoms with Crippen LogP contribution in [0.1, 0.15) is 45.4 Å². The summed E-state index contributed by atoms with van der Waals surface area (Å²) in [5.74, 6) is -0.199. The maximum absolute atomic E-state index is 10.9. The Morgan fingerprint density at radius 2 is 2.19 bits per heavy atom. The van der Waals surface area contributed by atoms with Crippen molar-refractivity contribution in [3.05, 3.63) is 12.2 Å². The maximum atomic E-state index is 10.9. The van der Waals surface area contributed by atoms with E-state index in [1.165, 1.54) is 19.8 Å². The summed E-state index contributed by atoms with van der Waals surface area (Å²) in [6, 6.07) is 0. The summed E-state index contributed by atoms with van der Waals surface area (Å²) in [5.41, 5.74) is -0.0624. The fourth-order valence-electron chi connectivity index (χ4n) is 2.58. The van der Waals surface area contributed by atoms with Gasteiger partial charge in [-0.25, -0.2) is 0 Å². The lowest BCUT2D eigenvalue weighted by molar-refractivity contribution is -0.144. The molecule has 1 saturated heterocycles. The first-order valence-corrected chi connectivity index (χ1v) is 6.21. The van der Waals surface area contributed by atoms with Crippen LogP contribution < -0.4 is 0 Å². The third-order valence-electron chi connectivity index (χ3n) is 3.40. The third-order valence-corrected chi connectivity index (χ3v) is 3.40. The Hall–Kier alpha value is -0.830. The highest BCUT2D eigenvalue weighted by Crippen LogP contribution is 2.34. The van der Waals surface area contributed by atoms with Gasteiger partial charge in [0.2, 0.25) is 0 Å². The van der Waals surface area contributed by atoms with Crippen molar-refractivity contribution < 1.29 is 14.3 Å². The minimum atomic E-state index is -0.199. The molecule has 0 amide bonds. The Morgan fingerprint density at radius 3 is 2.88 bits per heavy atom. The average Bonchev–Trinajstić information content (AvgIpc) is 2.43. The molecule has 3 nitrogen and oxygen atoms in total. The molecule has 90 valence electrons. The number of carbonyl (C=O) groups excluding carboxylic acids is 1. The highest BCUT2D eigenvalue weighted by atomic mass is 16.5. The van der Waals surface area contributed by atoms with Crippen molar-refractivity contribution in [1.29, 1.82) is 0 Å². The highest BCUT2D eigenvalue weighted by molar-refractivity contribution is 5.66. The molecule has 1 heterocycles.